The van der Waals surface area contributed by atoms with Crippen LogP contribution >= 0.6 is 27.3 Å². The van der Waals surface area contributed by atoms with E-state index in [4.69, 9.17) is 0 Å². The second-order valence-electron chi connectivity index (χ2n) is 3.97. The molecule has 5 heteroatoms. The quantitative estimate of drug-likeness (QED) is 0.795. The average molecular weight is 328 g/mol. The van der Waals surface area contributed by atoms with Crippen molar-refractivity contribution >= 4 is 33.0 Å². The van der Waals surface area contributed by atoms with Gasteiger partial charge < -0.3 is 0 Å². The van der Waals surface area contributed by atoms with Crippen LogP contribution in [-0.4, -0.2) is 10.8 Å². The van der Waals surface area contributed by atoms with Gasteiger partial charge in [0.25, 0.3) is 0 Å². The molecule has 0 unspecified atom stereocenters. The molecule has 2 rings (SSSR count). The summed E-state index contributed by atoms with van der Waals surface area (Å²) in [7, 11) is 0. The van der Waals surface area contributed by atoms with Crippen molar-refractivity contribution in [1.82, 2.24) is 4.98 Å². The van der Waals surface area contributed by atoms with Crippen LogP contribution in [0.2, 0.25) is 0 Å². The lowest BCUT2D eigenvalue weighted by molar-refractivity contribution is 0.0989. The first kappa shape index (κ1) is 13.4. The van der Waals surface area contributed by atoms with E-state index in [9.17, 15) is 9.18 Å². The Hall–Kier alpha value is -1.07. The monoisotopic (exact) mass is 327 g/mol. The van der Waals surface area contributed by atoms with Gasteiger partial charge >= 0.3 is 0 Å². The lowest BCUT2D eigenvalue weighted by atomic mass is 10.1. The van der Waals surface area contributed by atoms with Crippen LogP contribution in [0, 0.1) is 19.7 Å². The molecular weight excluding hydrogens is 317 g/mol. The zero-order chi connectivity index (χ0) is 13.3. The molecule has 0 spiro atoms. The molecule has 0 aliphatic heterocycles. The molecule has 0 atom stereocenters. The number of rotatable bonds is 3. The van der Waals surface area contributed by atoms with Crippen molar-refractivity contribution in [2.24, 2.45) is 0 Å². The normalized spacial score (nSPS) is 10.7. The first-order valence-corrected chi connectivity index (χ1v) is 6.99. The van der Waals surface area contributed by atoms with E-state index < -0.39 is 5.82 Å². The number of aromatic nitrogens is 1. The molecule has 18 heavy (non-hydrogen) atoms. The molecule has 2 nitrogen and oxygen atoms in total. The number of carbonyl (C=O) groups is 1. The van der Waals surface area contributed by atoms with Crippen LogP contribution in [0.3, 0.4) is 0 Å². The fourth-order valence-electron chi connectivity index (χ4n) is 1.56. The molecule has 0 amide bonds. The lowest BCUT2D eigenvalue weighted by Crippen LogP contribution is -2.06. The van der Waals surface area contributed by atoms with Crippen LogP contribution in [0.15, 0.2) is 22.7 Å². The van der Waals surface area contributed by atoms with Gasteiger partial charge in [-0.25, -0.2) is 9.37 Å². The summed E-state index contributed by atoms with van der Waals surface area (Å²) < 4.78 is 14.2. The summed E-state index contributed by atoms with van der Waals surface area (Å²) in [5, 5.41) is 0.731. The Morgan fingerprint density at radius 3 is 2.78 bits per heavy atom. The zero-order valence-corrected chi connectivity index (χ0v) is 12.4. The largest absolute Gasteiger partial charge is 0.294 e. The van der Waals surface area contributed by atoms with Crippen molar-refractivity contribution < 1.29 is 9.18 Å². The Morgan fingerprint density at radius 2 is 2.17 bits per heavy atom. The van der Waals surface area contributed by atoms with Crippen molar-refractivity contribution in [3.05, 3.63) is 49.6 Å². The number of aryl methyl sites for hydroxylation is 2. The minimum atomic E-state index is -0.492. The molecule has 0 N–H and O–H groups in total. The highest BCUT2D eigenvalue weighted by molar-refractivity contribution is 9.10. The average Bonchev–Trinajstić information content (AvgIpc) is 2.61. The molecule has 0 bridgehead atoms. The second kappa shape index (κ2) is 5.28. The number of nitrogens with zero attached hydrogens (tertiary/aromatic N) is 1. The molecule has 1 heterocycles. The predicted octanol–water partition coefficient (Wildman–Crippen LogP) is 4.09. The Labute approximate surface area is 117 Å². The summed E-state index contributed by atoms with van der Waals surface area (Å²) in [5.41, 5.74) is 1.03. The van der Waals surface area contributed by atoms with Crippen LogP contribution in [-0.2, 0) is 6.42 Å². The SMILES string of the molecule is Cc1nc(CC(=O)c2cc(Br)ccc2F)sc1C. The van der Waals surface area contributed by atoms with Crippen LogP contribution in [0.4, 0.5) is 4.39 Å². The molecule has 94 valence electrons. The third kappa shape index (κ3) is 2.84. The molecule has 0 aliphatic carbocycles. The summed E-state index contributed by atoms with van der Waals surface area (Å²) >= 11 is 4.72. The molecule has 1 aromatic heterocycles. The molecule has 0 saturated carbocycles. The molecule has 2 aromatic rings. The fourth-order valence-corrected chi connectivity index (χ4v) is 2.85. The Bertz CT molecular complexity index is 590. The van der Waals surface area contributed by atoms with E-state index in [-0.39, 0.29) is 17.8 Å². The lowest BCUT2D eigenvalue weighted by Gasteiger charge is -2.01. The van der Waals surface area contributed by atoms with Crippen molar-refractivity contribution in [3.63, 3.8) is 0 Å². The van der Waals surface area contributed by atoms with Crippen molar-refractivity contribution in [1.29, 1.82) is 0 Å². The predicted molar refractivity (Wildman–Crippen MR) is 73.7 cm³/mol. The minimum Gasteiger partial charge on any atom is -0.294 e. The molecule has 0 aliphatic rings. The van der Waals surface area contributed by atoms with Crippen LogP contribution in [0.25, 0.3) is 0 Å². The van der Waals surface area contributed by atoms with E-state index >= 15 is 0 Å². The Morgan fingerprint density at radius 1 is 1.44 bits per heavy atom. The van der Waals surface area contributed by atoms with Crippen molar-refractivity contribution in [3.8, 4) is 0 Å². The van der Waals surface area contributed by atoms with Gasteiger partial charge in [-0.1, -0.05) is 15.9 Å². The van der Waals surface area contributed by atoms with Gasteiger partial charge in [-0.3, -0.25) is 4.79 Å². The number of hydrogen-bond donors (Lipinski definition) is 0. The molecule has 0 saturated heterocycles. The third-order valence-corrected chi connectivity index (χ3v) is 4.18. The highest BCUT2D eigenvalue weighted by Crippen LogP contribution is 2.21. The topological polar surface area (TPSA) is 30.0 Å². The highest BCUT2D eigenvalue weighted by atomic mass is 79.9. The first-order valence-electron chi connectivity index (χ1n) is 5.38. The van der Waals surface area contributed by atoms with Gasteiger partial charge in [0.15, 0.2) is 5.78 Å². The van der Waals surface area contributed by atoms with E-state index in [0.29, 0.717) is 4.47 Å². The van der Waals surface area contributed by atoms with E-state index in [0.717, 1.165) is 15.6 Å². The van der Waals surface area contributed by atoms with Gasteiger partial charge in [-0.15, -0.1) is 11.3 Å². The maximum absolute atomic E-state index is 13.5. The van der Waals surface area contributed by atoms with Crippen LogP contribution in [0.5, 0.6) is 0 Å². The van der Waals surface area contributed by atoms with Gasteiger partial charge in [-0.2, -0.15) is 0 Å². The summed E-state index contributed by atoms with van der Waals surface area (Å²) in [4.78, 5) is 17.4. The summed E-state index contributed by atoms with van der Waals surface area (Å²) in [6, 6.07) is 4.37. The molecular formula is C13H11BrFNOS. The maximum atomic E-state index is 13.5. The standard InChI is InChI=1S/C13H11BrFNOS/c1-7-8(2)18-13(16-7)6-12(17)10-5-9(14)3-4-11(10)15/h3-5H,6H2,1-2H3. The highest BCUT2D eigenvalue weighted by Gasteiger charge is 2.15. The van der Waals surface area contributed by atoms with Gasteiger partial charge in [0.2, 0.25) is 0 Å². The van der Waals surface area contributed by atoms with Crippen LogP contribution < -0.4 is 0 Å². The molecule has 1 aromatic carbocycles. The smallest absolute Gasteiger partial charge is 0.172 e. The fraction of sp³-hybridized carbons (Fsp3) is 0.231. The maximum Gasteiger partial charge on any atom is 0.172 e. The van der Waals surface area contributed by atoms with E-state index in [2.05, 4.69) is 20.9 Å². The van der Waals surface area contributed by atoms with E-state index in [1.807, 2.05) is 13.8 Å². The molecule has 0 radical (unpaired) electrons. The summed E-state index contributed by atoms with van der Waals surface area (Å²) in [6.45, 7) is 3.86. The van der Waals surface area contributed by atoms with Crippen molar-refractivity contribution in [2.75, 3.05) is 0 Å². The first-order chi connectivity index (χ1) is 8.47. The zero-order valence-electron chi connectivity index (χ0n) is 9.96. The number of thiazole rings is 1. The van der Waals surface area contributed by atoms with Gasteiger partial charge in [-0.05, 0) is 32.0 Å². The van der Waals surface area contributed by atoms with E-state index in [1.165, 1.54) is 23.5 Å². The second-order valence-corrected chi connectivity index (χ2v) is 6.18. The third-order valence-electron chi connectivity index (χ3n) is 2.61. The molecule has 0 fully saturated rings. The number of hydrogen-bond acceptors (Lipinski definition) is 3. The number of carbonyl (C=O) groups excluding carboxylic acids is 1. The van der Waals surface area contributed by atoms with Gasteiger partial charge in [0.1, 0.15) is 10.8 Å². The number of halogens is 2. The van der Waals surface area contributed by atoms with Crippen LogP contribution in [0.1, 0.15) is 25.9 Å². The minimum absolute atomic E-state index is 0.106. The number of Topliss-reactive ketones (excluding diaryl/α,β-unsaturated/α-hetero) is 1. The van der Waals surface area contributed by atoms with Gasteiger partial charge in [0, 0.05) is 9.35 Å². The Balaban J connectivity index is 2.24. The van der Waals surface area contributed by atoms with Crippen molar-refractivity contribution in [2.45, 2.75) is 20.3 Å². The van der Waals surface area contributed by atoms with E-state index in [1.54, 1.807) is 6.07 Å². The summed E-state index contributed by atoms with van der Waals surface area (Å²) in [5.74, 6) is -0.740. The van der Waals surface area contributed by atoms with Gasteiger partial charge in [0.05, 0.1) is 17.7 Å². The summed E-state index contributed by atoms with van der Waals surface area (Å²) in [6.07, 6.45) is 0.146. The Kier molecular flexibility index (Phi) is 3.92. The number of benzene rings is 1. The number of ketones is 1.